The average Bonchev–Trinajstić information content (AvgIpc) is 3.13. The van der Waals surface area contributed by atoms with Crippen LogP contribution in [0.2, 0.25) is 0 Å². The van der Waals surface area contributed by atoms with Crippen molar-refractivity contribution in [3.63, 3.8) is 0 Å². The summed E-state index contributed by atoms with van der Waals surface area (Å²) in [4.78, 5) is 24.6. The lowest BCUT2D eigenvalue weighted by molar-refractivity contribution is -0.119. The lowest BCUT2D eigenvalue weighted by Crippen LogP contribution is -2.37. The fourth-order valence-electron chi connectivity index (χ4n) is 6.19. The fourth-order valence-corrected chi connectivity index (χ4v) is 6.19. The molecule has 0 saturated heterocycles. The van der Waals surface area contributed by atoms with Crippen molar-refractivity contribution in [2.45, 2.75) is 52.4 Å². The van der Waals surface area contributed by atoms with Crippen molar-refractivity contribution in [3.05, 3.63) is 144 Å². The quantitative estimate of drug-likeness (QED) is 0.0975. The standard InChI is InChI=1S/C43H44N4O3/c1-30-40(35-23-34(24-44-25-35)39(28-48)50-29-45-43(2,3)4)38-18-12-17-37(33-15-10-7-11-16-33)41(38)42(46-30)47(26-31-13-8-6-9-14-31)27-32-19-21-36(49-5)22-20-32/h6-25,28,39,45H,26-27,29H2,1-5H3. The fraction of sp³-hybridized carbons (Fsp3) is 0.233. The van der Waals surface area contributed by atoms with E-state index in [1.54, 1.807) is 13.3 Å². The number of carbonyl (C=O) groups is 1. The summed E-state index contributed by atoms with van der Waals surface area (Å²) in [5.41, 5.74) is 7.78. The number of aryl methyl sites for hydroxylation is 1. The highest BCUT2D eigenvalue weighted by atomic mass is 16.5. The maximum atomic E-state index is 12.2. The van der Waals surface area contributed by atoms with Gasteiger partial charge in [0, 0.05) is 58.8 Å². The van der Waals surface area contributed by atoms with E-state index in [1.807, 2.05) is 36.5 Å². The molecule has 0 aliphatic carbocycles. The summed E-state index contributed by atoms with van der Waals surface area (Å²) in [7, 11) is 1.68. The highest BCUT2D eigenvalue weighted by Gasteiger charge is 2.23. The van der Waals surface area contributed by atoms with Crippen molar-refractivity contribution in [3.8, 4) is 28.0 Å². The number of anilines is 1. The number of rotatable bonds is 13. The summed E-state index contributed by atoms with van der Waals surface area (Å²) < 4.78 is 11.4. The Bertz CT molecular complexity index is 2040. The van der Waals surface area contributed by atoms with Gasteiger partial charge in [0.05, 0.1) is 13.8 Å². The van der Waals surface area contributed by atoms with Crippen molar-refractivity contribution in [1.29, 1.82) is 0 Å². The Hall–Kier alpha value is -5.37. The third-order valence-corrected chi connectivity index (χ3v) is 8.69. The van der Waals surface area contributed by atoms with Gasteiger partial charge in [-0.05, 0) is 73.5 Å². The van der Waals surface area contributed by atoms with Gasteiger partial charge in [-0.15, -0.1) is 0 Å². The summed E-state index contributed by atoms with van der Waals surface area (Å²) >= 11 is 0. The van der Waals surface area contributed by atoms with Crippen molar-refractivity contribution in [1.82, 2.24) is 15.3 Å². The molecule has 0 bridgehead atoms. The molecule has 0 aliphatic heterocycles. The summed E-state index contributed by atoms with van der Waals surface area (Å²) in [6, 6.07) is 37.6. The number of hydrogen-bond acceptors (Lipinski definition) is 7. The Balaban J connectivity index is 1.52. The van der Waals surface area contributed by atoms with Gasteiger partial charge in [0.1, 0.15) is 17.7 Å². The van der Waals surface area contributed by atoms with Gasteiger partial charge in [0.15, 0.2) is 6.29 Å². The maximum absolute atomic E-state index is 12.2. The Kier molecular flexibility index (Phi) is 10.7. The molecule has 0 spiro atoms. The zero-order valence-corrected chi connectivity index (χ0v) is 29.4. The van der Waals surface area contributed by atoms with Crippen molar-refractivity contribution in [2.24, 2.45) is 0 Å². The molecule has 1 atom stereocenters. The molecule has 0 amide bonds. The number of carbonyl (C=O) groups excluding carboxylic acids is 1. The molecule has 7 heteroatoms. The number of methoxy groups -OCH3 is 1. The van der Waals surface area contributed by atoms with Gasteiger partial charge >= 0.3 is 0 Å². The summed E-state index contributed by atoms with van der Waals surface area (Å²) in [6.07, 6.45) is 3.61. The van der Waals surface area contributed by atoms with E-state index >= 15 is 0 Å². The van der Waals surface area contributed by atoms with Gasteiger partial charge in [-0.3, -0.25) is 10.3 Å². The summed E-state index contributed by atoms with van der Waals surface area (Å²) in [5, 5.41) is 5.39. The Labute approximate surface area is 294 Å². The van der Waals surface area contributed by atoms with Gasteiger partial charge in [-0.1, -0.05) is 91.0 Å². The number of ether oxygens (including phenoxy) is 2. The van der Waals surface area contributed by atoms with Crippen LogP contribution in [0, 0.1) is 6.92 Å². The molecule has 254 valence electrons. The van der Waals surface area contributed by atoms with Crippen molar-refractivity contribution >= 4 is 22.9 Å². The minimum absolute atomic E-state index is 0.144. The van der Waals surface area contributed by atoms with E-state index in [-0.39, 0.29) is 12.3 Å². The minimum atomic E-state index is -0.762. The third-order valence-electron chi connectivity index (χ3n) is 8.69. The summed E-state index contributed by atoms with van der Waals surface area (Å²) in [6.45, 7) is 9.76. The molecule has 0 fully saturated rings. The number of aromatic nitrogens is 2. The van der Waals surface area contributed by atoms with Crippen LogP contribution in [0.4, 0.5) is 5.82 Å². The number of benzene rings is 4. The van der Waals surface area contributed by atoms with E-state index in [4.69, 9.17) is 14.5 Å². The number of aldehydes is 1. The van der Waals surface area contributed by atoms with Gasteiger partial charge in [0.2, 0.25) is 0 Å². The molecule has 0 aliphatic rings. The normalized spacial score (nSPS) is 12.1. The van der Waals surface area contributed by atoms with Crippen LogP contribution in [0.3, 0.4) is 0 Å². The predicted molar refractivity (Wildman–Crippen MR) is 202 cm³/mol. The molecule has 0 saturated carbocycles. The highest BCUT2D eigenvalue weighted by molar-refractivity contribution is 6.10. The zero-order chi connectivity index (χ0) is 35.1. The number of hydrogen-bond donors (Lipinski definition) is 1. The van der Waals surface area contributed by atoms with Crippen LogP contribution in [0.15, 0.2) is 122 Å². The molecular weight excluding hydrogens is 620 g/mol. The van der Waals surface area contributed by atoms with Crippen LogP contribution < -0.4 is 15.0 Å². The second-order valence-corrected chi connectivity index (χ2v) is 13.5. The SMILES string of the molecule is COc1ccc(CN(Cc2ccccc2)c2nc(C)c(-c3cncc(C(C=O)OCNC(C)(C)C)c3)c3cccc(-c4ccccc4)c23)cc1. The predicted octanol–water partition coefficient (Wildman–Crippen LogP) is 9.09. The van der Waals surface area contributed by atoms with Crippen LogP contribution in [-0.4, -0.2) is 35.6 Å². The molecule has 50 heavy (non-hydrogen) atoms. The van der Waals surface area contributed by atoms with Crippen LogP contribution in [-0.2, 0) is 22.6 Å². The lowest BCUT2D eigenvalue weighted by Gasteiger charge is -2.28. The zero-order valence-electron chi connectivity index (χ0n) is 29.4. The largest absolute Gasteiger partial charge is 0.497 e. The van der Waals surface area contributed by atoms with Crippen molar-refractivity contribution in [2.75, 3.05) is 18.7 Å². The second kappa shape index (κ2) is 15.5. The molecule has 6 aromatic rings. The Morgan fingerprint density at radius 2 is 1.50 bits per heavy atom. The monoisotopic (exact) mass is 664 g/mol. The molecule has 2 heterocycles. The minimum Gasteiger partial charge on any atom is -0.497 e. The van der Waals surface area contributed by atoms with Crippen molar-refractivity contribution < 1.29 is 14.3 Å². The van der Waals surface area contributed by atoms with Gasteiger partial charge in [-0.25, -0.2) is 4.98 Å². The number of nitrogens with one attached hydrogen (secondary N) is 1. The lowest BCUT2D eigenvalue weighted by atomic mass is 9.92. The third kappa shape index (κ3) is 8.08. The maximum Gasteiger partial charge on any atom is 0.153 e. The average molecular weight is 665 g/mol. The molecule has 1 N–H and O–H groups in total. The topological polar surface area (TPSA) is 76.6 Å². The first-order valence-electron chi connectivity index (χ1n) is 16.9. The molecule has 2 aromatic heterocycles. The molecule has 7 nitrogen and oxygen atoms in total. The van der Waals surface area contributed by atoms with Crippen LogP contribution in [0.25, 0.3) is 33.0 Å². The van der Waals surface area contributed by atoms with Crippen LogP contribution in [0.5, 0.6) is 5.75 Å². The van der Waals surface area contributed by atoms with Gasteiger partial charge < -0.3 is 19.2 Å². The first-order chi connectivity index (χ1) is 24.2. The van der Waals surface area contributed by atoms with E-state index < -0.39 is 6.10 Å². The first-order valence-corrected chi connectivity index (χ1v) is 16.9. The van der Waals surface area contributed by atoms with E-state index in [9.17, 15) is 4.79 Å². The molecule has 4 aromatic carbocycles. The molecular formula is C43H44N4O3. The molecule has 1 unspecified atom stereocenters. The smallest absolute Gasteiger partial charge is 0.153 e. The number of pyridine rings is 2. The summed E-state index contributed by atoms with van der Waals surface area (Å²) in [5.74, 6) is 1.72. The van der Waals surface area contributed by atoms with Crippen LogP contribution in [0.1, 0.15) is 49.3 Å². The number of nitrogens with zero attached hydrogens (tertiary/aromatic N) is 3. The highest BCUT2D eigenvalue weighted by Crippen LogP contribution is 2.42. The van der Waals surface area contributed by atoms with Gasteiger partial charge in [0.25, 0.3) is 0 Å². The van der Waals surface area contributed by atoms with E-state index in [0.717, 1.165) is 62.1 Å². The number of fused-ring (bicyclic) bond motifs is 1. The molecule has 6 rings (SSSR count). The van der Waals surface area contributed by atoms with Crippen LogP contribution >= 0.6 is 0 Å². The van der Waals surface area contributed by atoms with E-state index in [0.29, 0.717) is 18.7 Å². The molecule has 0 radical (unpaired) electrons. The Morgan fingerprint density at radius 1 is 0.820 bits per heavy atom. The second-order valence-electron chi connectivity index (χ2n) is 13.5. The van der Waals surface area contributed by atoms with E-state index in [2.05, 4.69) is 122 Å². The van der Waals surface area contributed by atoms with E-state index in [1.165, 1.54) is 5.56 Å². The first kappa shape index (κ1) is 34.5. The Morgan fingerprint density at radius 3 is 2.16 bits per heavy atom. The van der Waals surface area contributed by atoms with Gasteiger partial charge in [-0.2, -0.15) is 0 Å².